The maximum atomic E-state index is 12.9. The number of hydrogen-bond acceptors (Lipinski definition) is 2. The van der Waals surface area contributed by atoms with E-state index in [0.717, 1.165) is 10.0 Å². The van der Waals surface area contributed by atoms with Crippen LogP contribution in [-0.4, -0.2) is 9.38 Å². The number of nitrogens with zero attached hydrogens (tertiary/aromatic N) is 2. The first-order valence-electron chi connectivity index (χ1n) is 6.35. The Hall–Kier alpha value is -1.98. The van der Waals surface area contributed by atoms with Crippen molar-refractivity contribution in [1.29, 1.82) is 0 Å². The Labute approximate surface area is 138 Å². The van der Waals surface area contributed by atoms with E-state index in [-0.39, 0.29) is 11.4 Å². The zero-order valence-corrected chi connectivity index (χ0v) is 13.5. The first-order chi connectivity index (χ1) is 10.5. The van der Waals surface area contributed by atoms with E-state index in [1.54, 1.807) is 36.5 Å². The molecule has 0 spiro atoms. The molecule has 0 aliphatic carbocycles. The topological polar surface area (TPSA) is 34.4 Å². The molecular weight excluding hydrogens is 371 g/mol. The molecule has 3 rings (SSSR count). The number of pyridine rings is 1. The molecule has 0 atom stereocenters. The first kappa shape index (κ1) is 14.9. The standard InChI is InChI=1S/C16H9BrClFN2O/c17-11-3-6-15-20-14(8-16(22)21(15)9-11)13(18)7-10-1-4-12(19)5-2-10/h1-9H/b13-7-. The maximum absolute atomic E-state index is 12.9. The van der Waals surface area contributed by atoms with Gasteiger partial charge in [-0.05, 0) is 51.8 Å². The van der Waals surface area contributed by atoms with Crippen LogP contribution in [-0.2, 0) is 0 Å². The van der Waals surface area contributed by atoms with Crippen molar-refractivity contribution in [3.05, 3.63) is 80.6 Å². The molecule has 0 bridgehead atoms. The van der Waals surface area contributed by atoms with E-state index in [9.17, 15) is 9.18 Å². The van der Waals surface area contributed by atoms with Crippen LogP contribution in [0, 0.1) is 5.82 Å². The second kappa shape index (κ2) is 6.02. The molecule has 3 aromatic rings. The SMILES string of the molecule is O=c1cc(/C(Cl)=C/c2ccc(F)cc2)nc2ccc(Br)cn12. The summed E-state index contributed by atoms with van der Waals surface area (Å²) in [5.41, 5.74) is 1.37. The minimum absolute atomic E-state index is 0.230. The molecule has 0 unspecified atom stereocenters. The first-order valence-corrected chi connectivity index (χ1v) is 7.52. The molecule has 22 heavy (non-hydrogen) atoms. The summed E-state index contributed by atoms with van der Waals surface area (Å²) in [4.78, 5) is 16.5. The van der Waals surface area contributed by atoms with Gasteiger partial charge in [-0.2, -0.15) is 0 Å². The minimum atomic E-state index is -0.319. The Morgan fingerprint density at radius 1 is 1.23 bits per heavy atom. The number of halogens is 3. The fourth-order valence-electron chi connectivity index (χ4n) is 1.98. The molecule has 0 radical (unpaired) electrons. The lowest BCUT2D eigenvalue weighted by Gasteiger charge is -2.04. The highest BCUT2D eigenvalue weighted by atomic mass is 79.9. The molecule has 0 saturated heterocycles. The van der Waals surface area contributed by atoms with Crippen LogP contribution in [0.1, 0.15) is 11.3 Å². The van der Waals surface area contributed by atoms with Gasteiger partial charge in [0.05, 0.1) is 10.7 Å². The van der Waals surface area contributed by atoms with E-state index in [1.807, 2.05) is 0 Å². The normalized spacial score (nSPS) is 11.9. The van der Waals surface area contributed by atoms with Gasteiger partial charge in [0.1, 0.15) is 11.5 Å². The van der Waals surface area contributed by atoms with Crippen molar-refractivity contribution in [2.75, 3.05) is 0 Å². The van der Waals surface area contributed by atoms with Gasteiger partial charge in [-0.1, -0.05) is 23.7 Å². The third-order valence-electron chi connectivity index (χ3n) is 3.03. The average Bonchev–Trinajstić information content (AvgIpc) is 2.50. The van der Waals surface area contributed by atoms with Crippen molar-refractivity contribution >= 4 is 44.3 Å². The smallest absolute Gasteiger partial charge is 0.258 e. The monoisotopic (exact) mass is 378 g/mol. The molecule has 0 N–H and O–H groups in total. The van der Waals surface area contributed by atoms with Crippen LogP contribution in [0.5, 0.6) is 0 Å². The average molecular weight is 380 g/mol. The lowest BCUT2D eigenvalue weighted by molar-refractivity contribution is 0.628. The van der Waals surface area contributed by atoms with E-state index in [4.69, 9.17) is 11.6 Å². The van der Waals surface area contributed by atoms with Crippen LogP contribution in [0.2, 0.25) is 0 Å². The highest BCUT2D eigenvalue weighted by molar-refractivity contribution is 9.10. The Kier molecular flexibility index (Phi) is 4.09. The van der Waals surface area contributed by atoms with E-state index in [0.29, 0.717) is 16.4 Å². The molecule has 0 amide bonds. The molecule has 2 heterocycles. The zero-order valence-electron chi connectivity index (χ0n) is 11.1. The molecule has 3 nitrogen and oxygen atoms in total. The van der Waals surface area contributed by atoms with Crippen molar-refractivity contribution in [3.8, 4) is 0 Å². The molecule has 0 aliphatic heterocycles. The molecule has 1 aromatic carbocycles. The molecule has 110 valence electrons. The third-order valence-corrected chi connectivity index (χ3v) is 3.80. The molecule has 0 saturated carbocycles. The molecule has 0 fully saturated rings. The van der Waals surface area contributed by atoms with Crippen molar-refractivity contribution in [2.45, 2.75) is 0 Å². The Morgan fingerprint density at radius 2 is 1.95 bits per heavy atom. The van der Waals surface area contributed by atoms with E-state index < -0.39 is 0 Å². The summed E-state index contributed by atoms with van der Waals surface area (Å²) in [6.07, 6.45) is 3.28. The minimum Gasteiger partial charge on any atom is -0.269 e. The highest BCUT2D eigenvalue weighted by Gasteiger charge is 2.06. The third kappa shape index (κ3) is 3.10. The Balaban J connectivity index is 2.07. The maximum Gasteiger partial charge on any atom is 0.258 e. The lowest BCUT2D eigenvalue weighted by Crippen LogP contribution is -2.14. The molecule has 0 aliphatic rings. The van der Waals surface area contributed by atoms with Gasteiger partial charge in [0, 0.05) is 16.7 Å². The number of aromatic nitrogens is 2. The van der Waals surface area contributed by atoms with Crippen LogP contribution in [0.25, 0.3) is 16.8 Å². The number of rotatable bonds is 2. The van der Waals surface area contributed by atoms with Gasteiger partial charge in [-0.3, -0.25) is 9.20 Å². The molecule has 6 heteroatoms. The van der Waals surface area contributed by atoms with Crippen LogP contribution in [0.4, 0.5) is 4.39 Å². The highest BCUT2D eigenvalue weighted by Crippen LogP contribution is 2.20. The van der Waals surface area contributed by atoms with Crippen molar-refractivity contribution < 1.29 is 4.39 Å². The summed E-state index contributed by atoms with van der Waals surface area (Å²) in [7, 11) is 0. The quantitative estimate of drug-likeness (QED) is 0.664. The van der Waals surface area contributed by atoms with Gasteiger partial charge in [0.2, 0.25) is 0 Å². The van der Waals surface area contributed by atoms with Crippen LogP contribution >= 0.6 is 27.5 Å². The van der Waals surface area contributed by atoms with Gasteiger partial charge in [0.25, 0.3) is 5.56 Å². The van der Waals surface area contributed by atoms with Crippen LogP contribution in [0.15, 0.2) is 57.9 Å². The van der Waals surface area contributed by atoms with E-state index in [1.165, 1.54) is 22.6 Å². The van der Waals surface area contributed by atoms with Gasteiger partial charge in [-0.25, -0.2) is 9.37 Å². The van der Waals surface area contributed by atoms with Crippen molar-refractivity contribution in [2.24, 2.45) is 0 Å². The number of benzene rings is 1. The number of fused-ring (bicyclic) bond motifs is 1. The summed E-state index contributed by atoms with van der Waals surface area (Å²) in [5.74, 6) is -0.319. The van der Waals surface area contributed by atoms with Gasteiger partial charge >= 0.3 is 0 Å². The Morgan fingerprint density at radius 3 is 2.68 bits per heavy atom. The largest absolute Gasteiger partial charge is 0.269 e. The second-order valence-electron chi connectivity index (χ2n) is 4.60. The van der Waals surface area contributed by atoms with E-state index in [2.05, 4.69) is 20.9 Å². The summed E-state index contributed by atoms with van der Waals surface area (Å²) in [6, 6.07) is 10.8. The molecular formula is C16H9BrClFN2O. The molecule has 2 aromatic heterocycles. The van der Waals surface area contributed by atoms with Gasteiger partial charge < -0.3 is 0 Å². The fourth-order valence-corrected chi connectivity index (χ4v) is 2.54. The predicted octanol–water partition coefficient (Wildman–Crippen LogP) is 4.33. The second-order valence-corrected chi connectivity index (χ2v) is 5.92. The Bertz CT molecular complexity index is 935. The van der Waals surface area contributed by atoms with Crippen molar-refractivity contribution in [1.82, 2.24) is 9.38 Å². The predicted molar refractivity (Wildman–Crippen MR) is 89.3 cm³/mol. The summed E-state index contributed by atoms with van der Waals surface area (Å²) >= 11 is 9.54. The van der Waals surface area contributed by atoms with Gasteiger partial charge in [-0.15, -0.1) is 0 Å². The lowest BCUT2D eigenvalue weighted by atomic mass is 10.2. The summed E-state index contributed by atoms with van der Waals surface area (Å²) in [5, 5.41) is 0.314. The van der Waals surface area contributed by atoms with Crippen LogP contribution < -0.4 is 5.56 Å². The fraction of sp³-hybridized carbons (Fsp3) is 0. The summed E-state index contributed by atoms with van der Waals surface area (Å²) in [6.45, 7) is 0. The van der Waals surface area contributed by atoms with Crippen molar-refractivity contribution in [3.63, 3.8) is 0 Å². The van der Waals surface area contributed by atoms with Crippen LogP contribution in [0.3, 0.4) is 0 Å². The zero-order chi connectivity index (χ0) is 15.7. The van der Waals surface area contributed by atoms with Gasteiger partial charge in [0.15, 0.2) is 0 Å². The van der Waals surface area contributed by atoms with E-state index >= 15 is 0 Å². The number of hydrogen-bond donors (Lipinski definition) is 0. The summed E-state index contributed by atoms with van der Waals surface area (Å²) < 4.78 is 15.1.